The lowest BCUT2D eigenvalue weighted by Crippen LogP contribution is -2.26. The third-order valence-corrected chi connectivity index (χ3v) is 2.60. The second-order valence-corrected chi connectivity index (χ2v) is 3.87. The molecule has 1 aromatic heterocycles. The van der Waals surface area contributed by atoms with Gasteiger partial charge in [-0.1, -0.05) is 12.1 Å². The molecule has 0 saturated carbocycles. The van der Waals surface area contributed by atoms with Crippen LogP contribution < -0.4 is 4.90 Å². The molecule has 1 aromatic carbocycles. The summed E-state index contributed by atoms with van der Waals surface area (Å²) in [4.78, 5) is 20.4. The Balaban J connectivity index is 2.68. The quantitative estimate of drug-likeness (QED) is 0.827. The molecule has 0 aliphatic rings. The molecule has 0 aliphatic carbocycles. The molecule has 2 rings (SSSR count). The third-order valence-electron chi connectivity index (χ3n) is 2.60. The van der Waals surface area contributed by atoms with Crippen molar-refractivity contribution in [3.63, 3.8) is 0 Å². The molecule has 2 aromatic rings. The molecule has 98 valence electrons. The van der Waals surface area contributed by atoms with Crippen LogP contribution in [0.4, 0.5) is 5.82 Å². The minimum atomic E-state index is -1.26. The lowest BCUT2D eigenvalue weighted by molar-refractivity contribution is 0.0684. The number of aromatic nitrogens is 2. The fourth-order valence-corrected chi connectivity index (χ4v) is 1.77. The molecule has 1 N–H and O–H groups in total. The molecule has 7 heteroatoms. The second kappa shape index (κ2) is 5.63. The number of hydrogen-bond donors (Lipinski definition) is 1. The summed E-state index contributed by atoms with van der Waals surface area (Å²) in [6.07, 6.45) is 0. The molecular formula is C13H9N5O2. The summed E-state index contributed by atoms with van der Waals surface area (Å²) in [6, 6.07) is 10.7. The van der Waals surface area contributed by atoms with Gasteiger partial charge in [-0.05, 0) is 12.1 Å². The van der Waals surface area contributed by atoms with Gasteiger partial charge >= 0.3 is 5.97 Å². The van der Waals surface area contributed by atoms with E-state index in [1.54, 1.807) is 24.3 Å². The summed E-state index contributed by atoms with van der Waals surface area (Å²) in [7, 11) is 0. The smallest absolute Gasteiger partial charge is 0.374 e. The molecule has 0 aliphatic heterocycles. The Labute approximate surface area is 114 Å². The van der Waals surface area contributed by atoms with Crippen molar-refractivity contribution < 1.29 is 9.90 Å². The van der Waals surface area contributed by atoms with Crippen LogP contribution in [0.2, 0.25) is 0 Å². The van der Waals surface area contributed by atoms with Crippen molar-refractivity contribution in [1.82, 2.24) is 9.97 Å². The lowest BCUT2D eigenvalue weighted by Gasteiger charge is -2.18. The highest BCUT2D eigenvalue weighted by molar-refractivity contribution is 5.94. The van der Waals surface area contributed by atoms with E-state index >= 15 is 0 Å². The van der Waals surface area contributed by atoms with Gasteiger partial charge in [0.25, 0.3) is 0 Å². The molecule has 0 saturated heterocycles. The van der Waals surface area contributed by atoms with Crippen LogP contribution in [0.1, 0.15) is 10.6 Å². The Hall–Kier alpha value is -3.19. The Morgan fingerprint density at radius 1 is 1.20 bits per heavy atom. The molecule has 0 unspecified atom stereocenters. The summed E-state index contributed by atoms with van der Waals surface area (Å²) in [5, 5.41) is 27.3. The zero-order valence-electron chi connectivity index (χ0n) is 10.3. The maximum atomic E-state index is 11.1. The number of anilines is 1. The van der Waals surface area contributed by atoms with Crippen LogP contribution in [0, 0.1) is 22.7 Å². The van der Waals surface area contributed by atoms with E-state index in [2.05, 4.69) is 9.97 Å². The molecular weight excluding hydrogens is 258 g/mol. The molecule has 0 atom stereocenters. The number of carboxylic acids is 1. The van der Waals surface area contributed by atoms with Gasteiger partial charge in [0.15, 0.2) is 0 Å². The minimum absolute atomic E-state index is 0.0619. The Bertz CT molecular complexity index is 728. The van der Waals surface area contributed by atoms with Crippen molar-refractivity contribution in [2.24, 2.45) is 0 Å². The van der Waals surface area contributed by atoms with Crippen LogP contribution in [0.5, 0.6) is 0 Å². The highest BCUT2D eigenvalue weighted by atomic mass is 16.4. The number of para-hydroxylation sites is 1. The van der Waals surface area contributed by atoms with Gasteiger partial charge in [-0.25, -0.2) is 14.8 Å². The molecule has 0 radical (unpaired) electrons. The average Bonchev–Trinajstić information content (AvgIpc) is 2.46. The van der Waals surface area contributed by atoms with E-state index in [9.17, 15) is 4.79 Å². The third kappa shape index (κ3) is 2.47. The van der Waals surface area contributed by atoms with Gasteiger partial charge in [-0.3, -0.25) is 0 Å². The number of nitrogens with zero attached hydrogens (tertiary/aromatic N) is 5. The van der Waals surface area contributed by atoms with Gasteiger partial charge in [-0.2, -0.15) is 10.5 Å². The molecule has 7 nitrogen and oxygen atoms in total. The van der Waals surface area contributed by atoms with Crippen LogP contribution in [0.3, 0.4) is 0 Å². The summed E-state index contributed by atoms with van der Waals surface area (Å²) >= 11 is 0. The summed E-state index contributed by atoms with van der Waals surface area (Å²) in [5.74, 6) is -1.35. The maximum absolute atomic E-state index is 11.1. The van der Waals surface area contributed by atoms with Crippen molar-refractivity contribution in [2.45, 2.75) is 0 Å². The van der Waals surface area contributed by atoms with E-state index in [-0.39, 0.29) is 24.7 Å². The predicted molar refractivity (Wildman–Crippen MR) is 69.9 cm³/mol. The fourth-order valence-electron chi connectivity index (χ4n) is 1.77. The largest absolute Gasteiger partial charge is 0.475 e. The minimum Gasteiger partial charge on any atom is -0.475 e. The van der Waals surface area contributed by atoms with Crippen molar-refractivity contribution in [1.29, 1.82) is 10.5 Å². The van der Waals surface area contributed by atoms with Crippen molar-refractivity contribution in [3.8, 4) is 12.1 Å². The first-order chi connectivity index (χ1) is 9.67. The molecule has 0 spiro atoms. The van der Waals surface area contributed by atoms with Crippen molar-refractivity contribution >= 4 is 22.7 Å². The molecule has 0 amide bonds. The highest BCUT2D eigenvalue weighted by Crippen LogP contribution is 2.23. The predicted octanol–water partition coefficient (Wildman–Crippen LogP) is 1.18. The number of rotatable bonds is 4. The van der Waals surface area contributed by atoms with E-state index in [4.69, 9.17) is 15.6 Å². The average molecular weight is 267 g/mol. The topological polar surface area (TPSA) is 114 Å². The summed E-state index contributed by atoms with van der Waals surface area (Å²) in [6.45, 7) is -0.124. The van der Waals surface area contributed by atoms with E-state index in [1.807, 2.05) is 12.1 Å². The van der Waals surface area contributed by atoms with Crippen molar-refractivity contribution in [2.75, 3.05) is 18.0 Å². The zero-order valence-corrected chi connectivity index (χ0v) is 10.3. The Morgan fingerprint density at radius 3 is 2.45 bits per heavy atom. The van der Waals surface area contributed by atoms with E-state index in [0.717, 1.165) is 0 Å². The SMILES string of the molecule is N#CCN(CC#N)c1nc(C(=O)O)nc2ccccc12. The number of hydrogen-bond acceptors (Lipinski definition) is 6. The monoisotopic (exact) mass is 267 g/mol. The van der Waals surface area contributed by atoms with Gasteiger partial charge < -0.3 is 10.0 Å². The van der Waals surface area contributed by atoms with E-state index in [0.29, 0.717) is 10.9 Å². The normalized spacial score (nSPS) is 9.70. The summed E-state index contributed by atoms with van der Waals surface area (Å²) < 4.78 is 0. The number of aromatic carboxylic acids is 1. The first-order valence-electron chi connectivity index (χ1n) is 5.66. The number of nitriles is 2. The zero-order chi connectivity index (χ0) is 14.5. The molecule has 1 heterocycles. The van der Waals surface area contributed by atoms with Gasteiger partial charge in [-0.15, -0.1) is 0 Å². The molecule has 0 bridgehead atoms. The van der Waals surface area contributed by atoms with Gasteiger partial charge in [0.05, 0.1) is 17.7 Å². The number of benzene rings is 1. The van der Waals surface area contributed by atoms with Crippen LogP contribution in [-0.2, 0) is 0 Å². The Kier molecular flexibility index (Phi) is 3.73. The van der Waals surface area contributed by atoms with E-state index < -0.39 is 5.97 Å². The number of fused-ring (bicyclic) bond motifs is 1. The van der Waals surface area contributed by atoms with Crippen LogP contribution in [0.15, 0.2) is 24.3 Å². The summed E-state index contributed by atoms with van der Waals surface area (Å²) in [5.41, 5.74) is 0.454. The van der Waals surface area contributed by atoms with Gasteiger partial charge in [0.2, 0.25) is 5.82 Å². The van der Waals surface area contributed by atoms with Gasteiger partial charge in [0, 0.05) is 5.39 Å². The molecule has 0 fully saturated rings. The Morgan fingerprint density at radius 2 is 1.85 bits per heavy atom. The standard InChI is InChI=1S/C13H9N5O2/c14-5-7-18(8-6-15)12-9-3-1-2-4-10(9)16-11(17-12)13(19)20/h1-4H,7-8H2,(H,19,20). The lowest BCUT2D eigenvalue weighted by atomic mass is 10.2. The second-order valence-electron chi connectivity index (χ2n) is 3.87. The van der Waals surface area contributed by atoms with Crippen LogP contribution in [0.25, 0.3) is 10.9 Å². The van der Waals surface area contributed by atoms with E-state index in [1.165, 1.54) is 4.90 Å². The molecule has 20 heavy (non-hydrogen) atoms. The number of carbonyl (C=O) groups is 1. The number of carboxylic acid groups (broad SMARTS) is 1. The van der Waals surface area contributed by atoms with Gasteiger partial charge in [0.1, 0.15) is 18.9 Å². The highest BCUT2D eigenvalue weighted by Gasteiger charge is 2.17. The first kappa shape index (κ1) is 13.2. The van der Waals surface area contributed by atoms with Crippen LogP contribution in [-0.4, -0.2) is 34.1 Å². The maximum Gasteiger partial charge on any atom is 0.374 e. The van der Waals surface area contributed by atoms with Crippen LogP contribution >= 0.6 is 0 Å². The first-order valence-corrected chi connectivity index (χ1v) is 5.66. The fraction of sp³-hybridized carbons (Fsp3) is 0.154. The van der Waals surface area contributed by atoms with Crippen molar-refractivity contribution in [3.05, 3.63) is 30.1 Å².